The van der Waals surface area contributed by atoms with E-state index in [1.165, 1.54) is 43.2 Å². The van der Waals surface area contributed by atoms with Gasteiger partial charge in [0.2, 0.25) is 5.95 Å². The van der Waals surface area contributed by atoms with Crippen molar-refractivity contribution in [1.29, 1.82) is 0 Å². The maximum atomic E-state index is 12.7. The fraction of sp³-hybridized carbons (Fsp3) is 0.324. The number of rotatable bonds is 10. The molecule has 20 heteroatoms. The number of nitrogens with zero attached hydrogens (tertiary/aromatic N) is 4. The van der Waals surface area contributed by atoms with Gasteiger partial charge in [0.15, 0.2) is 0 Å². The second-order valence-electron chi connectivity index (χ2n) is 11.5. The van der Waals surface area contributed by atoms with Crippen molar-refractivity contribution < 1.29 is 50.2 Å². The molecule has 0 fully saturated rings. The molecule has 0 saturated carbocycles. The molecule has 2 aromatic carbocycles. The van der Waals surface area contributed by atoms with E-state index in [4.69, 9.17) is 32.7 Å². The molecule has 5 rings (SSSR count). The quantitative estimate of drug-likeness (QED) is 0.131. The van der Waals surface area contributed by atoms with Crippen LogP contribution in [0.5, 0.6) is 6.01 Å². The van der Waals surface area contributed by atoms with Gasteiger partial charge >= 0.3 is 24.2 Å². The Balaban J connectivity index is 0.000000241. The molecule has 4 amide bonds. The number of methoxy groups -OCH3 is 1. The minimum absolute atomic E-state index is 0.0715. The lowest BCUT2D eigenvalue weighted by Crippen LogP contribution is -2.35. The maximum Gasteiger partial charge on any atom is 0.389 e. The van der Waals surface area contributed by atoms with Crippen LogP contribution in [-0.4, -0.2) is 67.1 Å². The van der Waals surface area contributed by atoms with Gasteiger partial charge in [-0.3, -0.25) is 14.9 Å². The summed E-state index contributed by atoms with van der Waals surface area (Å²) >= 11 is 12.1. The van der Waals surface area contributed by atoms with Crippen molar-refractivity contribution in [2.24, 2.45) is 0 Å². The third-order valence-electron chi connectivity index (χ3n) is 7.68. The summed E-state index contributed by atoms with van der Waals surface area (Å²) in [4.78, 5) is 61.1. The van der Waals surface area contributed by atoms with Crippen LogP contribution in [0.2, 0.25) is 5.02 Å². The van der Waals surface area contributed by atoms with Crippen LogP contribution >= 0.6 is 23.2 Å². The van der Waals surface area contributed by atoms with Gasteiger partial charge in [-0.15, -0.1) is 0 Å². The summed E-state index contributed by atoms with van der Waals surface area (Å²) in [7, 11) is -3.14. The van der Waals surface area contributed by atoms with E-state index in [-0.39, 0.29) is 46.8 Å². The second-order valence-corrected chi connectivity index (χ2v) is 14.0. The number of esters is 1. The lowest BCUT2D eigenvalue weighted by Gasteiger charge is -2.16. The molecule has 0 bridgehead atoms. The summed E-state index contributed by atoms with van der Waals surface area (Å²) in [6.07, 6.45) is -1.75. The lowest BCUT2D eigenvalue weighted by atomic mass is 9.93. The first-order valence-corrected chi connectivity index (χ1v) is 18.4. The fourth-order valence-corrected chi connectivity index (χ4v) is 6.83. The van der Waals surface area contributed by atoms with Crippen molar-refractivity contribution in [3.05, 3.63) is 80.6 Å². The highest BCUT2D eigenvalue weighted by molar-refractivity contribution is 7.90. The Morgan fingerprint density at radius 3 is 2.28 bits per heavy atom. The van der Waals surface area contributed by atoms with Gasteiger partial charge in [-0.25, -0.2) is 27.6 Å². The van der Waals surface area contributed by atoms with Gasteiger partial charge < -0.3 is 9.47 Å². The van der Waals surface area contributed by atoms with Gasteiger partial charge in [0.25, 0.3) is 21.8 Å². The second kappa shape index (κ2) is 17.8. The summed E-state index contributed by atoms with van der Waals surface area (Å²) in [6, 6.07) is 8.55. The summed E-state index contributed by atoms with van der Waals surface area (Å²) in [6.45, 7) is 3.38. The normalized spacial score (nSPS) is 14.6. The molecular formula is C34H33Cl2F3N6O8S. The molecule has 2 N–H and O–H groups in total. The van der Waals surface area contributed by atoms with Gasteiger partial charge in [-0.2, -0.15) is 28.1 Å². The Labute approximate surface area is 317 Å². The zero-order valence-electron chi connectivity index (χ0n) is 28.9. The van der Waals surface area contributed by atoms with Crippen LogP contribution in [0.3, 0.4) is 0 Å². The molecular weight excluding hydrogens is 780 g/mol. The van der Waals surface area contributed by atoms with Crippen LogP contribution in [0.4, 0.5) is 29.6 Å². The lowest BCUT2D eigenvalue weighted by molar-refractivity contribution is -0.137. The molecule has 2 aliphatic rings. The number of carbonyl (C=O) groups excluding carboxylic acids is 4. The smallest absolute Gasteiger partial charge is 0.389 e. The number of amides is 4. The number of imide groups is 1. The SMILES string of the molecule is CCOC(=O)/C(Cl)=C/c1cc(N2C(=O)C3=C(CCCC3)C2=O)ccc1Cl.COc1nc(C)nc(NC(=O)NS(=O)(=O)c2ccccc2CCC(F)(F)F)n1. The number of hydrogen-bond donors (Lipinski definition) is 2. The number of aryl methyl sites for hydroxylation is 2. The van der Waals surface area contributed by atoms with Crippen molar-refractivity contribution >= 4 is 74.8 Å². The minimum Gasteiger partial charge on any atom is -0.467 e. The van der Waals surface area contributed by atoms with E-state index in [1.807, 2.05) is 0 Å². The van der Waals surface area contributed by atoms with Gasteiger partial charge in [-0.05, 0) is 87.4 Å². The molecule has 0 saturated heterocycles. The number of benzene rings is 2. The van der Waals surface area contributed by atoms with E-state index < -0.39 is 45.9 Å². The number of aromatic nitrogens is 3. The summed E-state index contributed by atoms with van der Waals surface area (Å²) in [5.41, 5.74) is 1.97. The van der Waals surface area contributed by atoms with Gasteiger partial charge in [0, 0.05) is 22.6 Å². The van der Waals surface area contributed by atoms with Crippen LogP contribution in [0.25, 0.3) is 6.08 Å². The molecule has 3 aromatic rings. The van der Waals surface area contributed by atoms with Crippen molar-refractivity contribution in [2.45, 2.75) is 63.4 Å². The number of sulfonamides is 1. The third kappa shape index (κ3) is 10.8. The summed E-state index contributed by atoms with van der Waals surface area (Å²) < 4.78 is 73.6. The van der Waals surface area contributed by atoms with Gasteiger partial charge in [0.1, 0.15) is 10.9 Å². The highest BCUT2D eigenvalue weighted by atomic mass is 35.5. The Bertz CT molecular complexity index is 2100. The number of carbonyl (C=O) groups is 4. The zero-order chi connectivity index (χ0) is 39.8. The number of alkyl halides is 3. The maximum absolute atomic E-state index is 12.7. The van der Waals surface area contributed by atoms with E-state index in [1.54, 1.807) is 29.8 Å². The Hall–Kier alpha value is -5.07. The van der Waals surface area contributed by atoms with E-state index in [2.05, 4.69) is 20.3 Å². The molecule has 0 spiro atoms. The number of nitrogens with one attached hydrogen (secondary N) is 2. The van der Waals surface area contributed by atoms with E-state index in [0.29, 0.717) is 40.3 Å². The van der Waals surface area contributed by atoms with E-state index in [9.17, 15) is 40.8 Å². The van der Waals surface area contributed by atoms with E-state index >= 15 is 0 Å². The molecule has 14 nitrogen and oxygen atoms in total. The average molecular weight is 814 g/mol. The molecule has 0 unspecified atom stereocenters. The number of hydrogen-bond acceptors (Lipinski definition) is 11. The highest BCUT2D eigenvalue weighted by Crippen LogP contribution is 2.37. The largest absolute Gasteiger partial charge is 0.467 e. The predicted octanol–water partition coefficient (Wildman–Crippen LogP) is 6.42. The summed E-state index contributed by atoms with van der Waals surface area (Å²) in [5.74, 6) is -1.28. The minimum atomic E-state index is -4.45. The van der Waals surface area contributed by atoms with Crippen LogP contribution in [-0.2, 0) is 35.6 Å². The Kier molecular flexibility index (Phi) is 13.8. The molecule has 1 aliphatic carbocycles. The first-order chi connectivity index (χ1) is 25.4. The summed E-state index contributed by atoms with van der Waals surface area (Å²) in [5, 5.41) is 2.31. The number of anilines is 2. The number of halogens is 5. The standard InChI is InChI=1S/C19H17Cl2NO4.C15H16F3N5O4S/c1-2-26-19(25)16(21)10-11-9-12(7-8-15(11)20)22-17(23)13-5-3-4-6-14(13)18(22)24;1-9-19-12(22-14(20-9)27-2)21-13(24)23-28(25,26)11-6-4-3-5-10(11)7-8-15(16,17)18/h7-10H,2-6H2,1H3;3-6H,7-8H2,1-2H3,(H2,19,20,21,22,23,24)/b16-10-;. The average Bonchev–Trinajstić information content (AvgIpc) is 3.36. The molecule has 1 aliphatic heterocycles. The van der Waals surface area contributed by atoms with Crippen molar-refractivity contribution in [1.82, 2.24) is 19.7 Å². The molecule has 0 radical (unpaired) electrons. The predicted molar refractivity (Wildman–Crippen MR) is 191 cm³/mol. The molecule has 288 valence electrons. The van der Waals surface area contributed by atoms with Crippen LogP contribution < -0.4 is 19.7 Å². The van der Waals surface area contributed by atoms with Gasteiger partial charge in [-0.1, -0.05) is 41.4 Å². The molecule has 54 heavy (non-hydrogen) atoms. The Morgan fingerprint density at radius 1 is 1.02 bits per heavy atom. The monoisotopic (exact) mass is 812 g/mol. The van der Waals surface area contributed by atoms with Crippen LogP contribution in [0.15, 0.2) is 63.5 Å². The van der Waals surface area contributed by atoms with Crippen LogP contribution in [0.1, 0.15) is 56.0 Å². The Morgan fingerprint density at radius 2 is 1.67 bits per heavy atom. The zero-order valence-corrected chi connectivity index (χ0v) is 31.2. The fourth-order valence-electron chi connectivity index (χ4n) is 5.31. The first kappa shape index (κ1) is 41.7. The molecule has 1 aromatic heterocycles. The van der Waals surface area contributed by atoms with Crippen molar-refractivity contribution in [3.63, 3.8) is 0 Å². The van der Waals surface area contributed by atoms with Crippen molar-refractivity contribution in [3.8, 4) is 6.01 Å². The van der Waals surface area contributed by atoms with E-state index in [0.717, 1.165) is 18.9 Å². The number of urea groups is 1. The van der Waals surface area contributed by atoms with Crippen molar-refractivity contribution in [2.75, 3.05) is 23.9 Å². The molecule has 2 heterocycles. The van der Waals surface area contributed by atoms with Crippen LogP contribution in [0, 0.1) is 6.92 Å². The highest BCUT2D eigenvalue weighted by Gasteiger charge is 2.39. The topological polar surface area (TPSA) is 187 Å². The third-order valence-corrected chi connectivity index (χ3v) is 9.72. The first-order valence-electron chi connectivity index (χ1n) is 16.1. The molecule has 0 atom stereocenters. The van der Waals surface area contributed by atoms with Gasteiger partial charge in [0.05, 0.1) is 24.3 Å². The number of ether oxygens (including phenoxy) is 2.